The summed E-state index contributed by atoms with van der Waals surface area (Å²) in [6.45, 7) is 8.34. The summed E-state index contributed by atoms with van der Waals surface area (Å²) in [6, 6.07) is 11.9. The summed E-state index contributed by atoms with van der Waals surface area (Å²) in [5, 5.41) is 15.1. The van der Waals surface area contributed by atoms with Gasteiger partial charge in [0, 0.05) is 108 Å². The number of fused-ring (bicyclic) bond motifs is 1. The summed E-state index contributed by atoms with van der Waals surface area (Å²) in [4.78, 5) is 79.4. The zero-order valence-electron chi connectivity index (χ0n) is 34.8. The molecule has 18 nitrogen and oxygen atoms in total. The SMILES string of the molecule is CN1CCN([C@@H]2CCCN(c3nnc(C(N)=O)c(Nc4ccc(N5CCN(CC6CCN(c7ccc8c(=O)n(C9CCC(=O)NC9=O)ccc8c7)CC6)CC5)c(F)c4)n3)C2)C1=O. The maximum atomic E-state index is 15.8. The molecule has 62 heavy (non-hydrogen) atoms. The van der Waals surface area contributed by atoms with Crippen LogP contribution in [0.25, 0.3) is 10.8 Å². The van der Waals surface area contributed by atoms with Gasteiger partial charge in [0.05, 0.1) is 11.7 Å². The molecular formula is C43H52FN13O5. The number of hydrogen-bond donors (Lipinski definition) is 3. The Hall–Kier alpha value is -6.37. The van der Waals surface area contributed by atoms with Crippen LogP contribution in [0.5, 0.6) is 0 Å². The van der Waals surface area contributed by atoms with E-state index in [0.29, 0.717) is 74.3 Å². The molecule has 2 aromatic carbocycles. The number of rotatable bonds is 10. The maximum Gasteiger partial charge on any atom is 0.320 e. The van der Waals surface area contributed by atoms with E-state index in [2.05, 4.69) is 40.5 Å². The first-order chi connectivity index (χ1) is 30.0. The zero-order valence-corrected chi connectivity index (χ0v) is 34.8. The number of aromatic nitrogens is 4. The van der Waals surface area contributed by atoms with Gasteiger partial charge in [-0.15, -0.1) is 10.2 Å². The van der Waals surface area contributed by atoms with Crippen molar-refractivity contribution in [3.63, 3.8) is 0 Å². The minimum absolute atomic E-state index is 0.00504. The molecule has 0 bridgehead atoms. The first-order valence-corrected chi connectivity index (χ1v) is 21.6. The molecule has 2 atom stereocenters. The molecule has 5 aliphatic heterocycles. The van der Waals surface area contributed by atoms with Crippen LogP contribution in [-0.4, -0.2) is 143 Å². The lowest BCUT2D eigenvalue weighted by Crippen LogP contribution is -2.49. The number of pyridine rings is 1. The molecule has 0 radical (unpaired) electrons. The van der Waals surface area contributed by atoms with Gasteiger partial charge < -0.3 is 40.1 Å². The van der Waals surface area contributed by atoms with Crippen molar-refractivity contribution in [1.29, 1.82) is 0 Å². The zero-order chi connectivity index (χ0) is 43.1. The lowest BCUT2D eigenvalue weighted by atomic mass is 9.95. The molecule has 5 fully saturated rings. The topological polar surface area (TPSA) is 198 Å². The molecule has 326 valence electrons. The molecule has 5 saturated heterocycles. The van der Waals surface area contributed by atoms with E-state index in [1.807, 2.05) is 34.1 Å². The highest BCUT2D eigenvalue weighted by Crippen LogP contribution is 2.31. The number of anilines is 5. The number of nitrogens with zero attached hydrogens (tertiary/aromatic N) is 10. The second-order valence-electron chi connectivity index (χ2n) is 17.1. The second kappa shape index (κ2) is 17.2. The normalized spacial score (nSPS) is 21.8. The number of primary amides is 1. The number of hydrogen-bond acceptors (Lipinski definition) is 13. The minimum atomic E-state index is -0.810. The van der Waals surface area contributed by atoms with Gasteiger partial charge in [-0.3, -0.25) is 29.4 Å². The molecule has 5 amide bonds. The molecule has 0 aliphatic carbocycles. The molecule has 0 saturated carbocycles. The summed E-state index contributed by atoms with van der Waals surface area (Å²) in [5.41, 5.74) is 7.21. The summed E-state index contributed by atoms with van der Waals surface area (Å²) in [7, 11) is 1.80. The van der Waals surface area contributed by atoms with Crippen molar-refractivity contribution in [1.82, 2.24) is 39.8 Å². The van der Waals surface area contributed by atoms with Crippen LogP contribution in [-0.2, 0) is 9.59 Å². The van der Waals surface area contributed by atoms with Crippen LogP contribution in [0, 0.1) is 11.7 Å². The average Bonchev–Trinajstić information content (AvgIpc) is 3.61. The molecule has 9 rings (SSSR count). The number of piperazine rings is 1. The third-order valence-corrected chi connectivity index (χ3v) is 13.2. The number of piperidine rings is 3. The minimum Gasteiger partial charge on any atom is -0.371 e. The number of carbonyl (C=O) groups excluding carboxylic acids is 4. The monoisotopic (exact) mass is 849 g/mol. The van der Waals surface area contributed by atoms with Gasteiger partial charge in [-0.2, -0.15) is 4.98 Å². The molecule has 5 aliphatic rings. The third-order valence-electron chi connectivity index (χ3n) is 13.2. The van der Waals surface area contributed by atoms with Gasteiger partial charge in [0.1, 0.15) is 11.9 Å². The van der Waals surface area contributed by atoms with E-state index < -0.39 is 23.7 Å². The lowest BCUT2D eigenvalue weighted by molar-refractivity contribution is -0.135. The van der Waals surface area contributed by atoms with Crippen molar-refractivity contribution in [2.24, 2.45) is 11.7 Å². The predicted octanol–water partition coefficient (Wildman–Crippen LogP) is 2.52. The van der Waals surface area contributed by atoms with Gasteiger partial charge in [-0.1, -0.05) is 0 Å². The first-order valence-electron chi connectivity index (χ1n) is 21.6. The van der Waals surface area contributed by atoms with Crippen LogP contribution in [0.4, 0.5) is 38.0 Å². The summed E-state index contributed by atoms with van der Waals surface area (Å²) in [6.07, 6.45) is 5.95. The van der Waals surface area contributed by atoms with Gasteiger partial charge in [0.25, 0.3) is 11.5 Å². The van der Waals surface area contributed by atoms with Gasteiger partial charge in [-0.05, 0) is 85.9 Å². The van der Waals surface area contributed by atoms with Gasteiger partial charge in [-0.25, -0.2) is 9.18 Å². The Kier molecular flexibility index (Phi) is 11.4. The van der Waals surface area contributed by atoms with E-state index >= 15 is 4.39 Å². The standard InChI is InChI=1S/C43H52FN13O5/c1-51-17-22-56(43(51)62)31-3-2-13-55(26-31)42-48-39(37(38(45)59)49-50-42)46-29-4-7-34(33(44)24-29)54-20-18-52(19-21-54)25-27-10-14-53(15-11-27)30-5-6-32-28(23-30)12-16-57(41(32)61)35-8-9-36(58)47-40(35)60/h4-7,12,16,23-24,27,31,35H,2-3,8-11,13-15,17-22,25-26H2,1H3,(H2,45,59)(H,46,48,50)(H,47,58,60)/t31-,35?/m1/s1. The number of likely N-dealkylation sites (N-methyl/N-ethyl adjacent to an activating group) is 1. The Bertz CT molecular complexity index is 2450. The van der Waals surface area contributed by atoms with Gasteiger partial charge >= 0.3 is 6.03 Å². The fraction of sp³-hybridized carbons (Fsp3) is 0.488. The van der Waals surface area contributed by atoms with E-state index in [-0.39, 0.29) is 41.5 Å². The van der Waals surface area contributed by atoms with E-state index in [0.717, 1.165) is 69.5 Å². The Labute approximate surface area is 357 Å². The third kappa shape index (κ3) is 8.32. The van der Waals surface area contributed by atoms with Crippen molar-refractivity contribution >= 4 is 63.4 Å². The molecule has 19 heteroatoms. The van der Waals surface area contributed by atoms with Crippen LogP contribution in [0.3, 0.4) is 0 Å². The van der Waals surface area contributed by atoms with Crippen LogP contribution in [0.15, 0.2) is 53.5 Å². The van der Waals surface area contributed by atoms with Crippen molar-refractivity contribution in [3.05, 3.63) is 70.5 Å². The Morgan fingerprint density at radius 1 is 0.871 bits per heavy atom. The van der Waals surface area contributed by atoms with Crippen LogP contribution in [0.1, 0.15) is 55.1 Å². The summed E-state index contributed by atoms with van der Waals surface area (Å²) < 4.78 is 17.2. The smallest absolute Gasteiger partial charge is 0.320 e. The van der Waals surface area contributed by atoms with Crippen LogP contribution >= 0.6 is 0 Å². The summed E-state index contributed by atoms with van der Waals surface area (Å²) in [5.74, 6) is -1.03. The van der Waals surface area contributed by atoms with Gasteiger partial charge in [0.2, 0.25) is 17.8 Å². The lowest BCUT2D eigenvalue weighted by Gasteiger charge is -2.40. The number of amides is 5. The van der Waals surface area contributed by atoms with E-state index in [1.165, 1.54) is 10.6 Å². The number of benzene rings is 2. The maximum absolute atomic E-state index is 15.8. The van der Waals surface area contributed by atoms with E-state index in [9.17, 15) is 24.0 Å². The highest BCUT2D eigenvalue weighted by atomic mass is 19.1. The number of nitrogens with one attached hydrogen (secondary N) is 2. The molecule has 4 aromatic rings. The Morgan fingerprint density at radius 2 is 1.68 bits per heavy atom. The predicted molar refractivity (Wildman–Crippen MR) is 231 cm³/mol. The molecule has 7 heterocycles. The summed E-state index contributed by atoms with van der Waals surface area (Å²) >= 11 is 0. The highest BCUT2D eigenvalue weighted by molar-refractivity contribution is 5.99. The van der Waals surface area contributed by atoms with Crippen LogP contribution < -0.4 is 36.6 Å². The molecule has 4 N–H and O–H groups in total. The van der Waals surface area contributed by atoms with E-state index in [4.69, 9.17) is 5.73 Å². The van der Waals surface area contributed by atoms with E-state index in [1.54, 1.807) is 30.3 Å². The molecule has 1 unspecified atom stereocenters. The van der Waals surface area contributed by atoms with Gasteiger partial charge in [0.15, 0.2) is 11.5 Å². The largest absolute Gasteiger partial charge is 0.371 e. The molecular weight excluding hydrogens is 798 g/mol. The fourth-order valence-electron chi connectivity index (χ4n) is 9.63. The Balaban J connectivity index is 0.770. The Morgan fingerprint density at radius 3 is 2.40 bits per heavy atom. The van der Waals surface area contributed by atoms with Crippen molar-refractivity contribution in [2.45, 2.75) is 50.6 Å². The number of halogens is 1. The van der Waals surface area contributed by atoms with Crippen molar-refractivity contribution < 1.29 is 23.6 Å². The fourth-order valence-corrected chi connectivity index (χ4v) is 9.63. The average molecular weight is 850 g/mol. The second-order valence-corrected chi connectivity index (χ2v) is 17.1. The number of carbonyl (C=O) groups is 4. The van der Waals surface area contributed by atoms with Crippen molar-refractivity contribution in [2.75, 3.05) is 99.1 Å². The number of urea groups is 1. The molecule has 2 aromatic heterocycles. The van der Waals surface area contributed by atoms with Crippen molar-refractivity contribution in [3.8, 4) is 0 Å². The number of nitrogens with two attached hydrogens (primary N) is 1. The first kappa shape index (κ1) is 41.0. The molecule has 0 spiro atoms. The highest BCUT2D eigenvalue weighted by Gasteiger charge is 2.35. The van der Waals surface area contributed by atoms with Crippen LogP contribution in [0.2, 0.25) is 0 Å². The number of imide groups is 1. The quantitative estimate of drug-likeness (QED) is 0.197.